The molecule has 0 saturated heterocycles. The smallest absolute Gasteiger partial charge is 0.332 e. The van der Waals surface area contributed by atoms with Gasteiger partial charge in [-0.25, -0.2) is 4.79 Å². The van der Waals surface area contributed by atoms with Crippen molar-refractivity contribution >= 4 is 11.9 Å². The zero-order chi connectivity index (χ0) is 10.6. The van der Waals surface area contributed by atoms with Crippen LogP contribution in [0.4, 0.5) is 0 Å². The number of nitrogens with two attached hydrogens (primary N) is 1. The summed E-state index contributed by atoms with van der Waals surface area (Å²) in [5, 5.41) is 2.92. The van der Waals surface area contributed by atoms with E-state index >= 15 is 0 Å². The molecule has 5 nitrogen and oxygen atoms in total. The van der Waals surface area contributed by atoms with E-state index in [2.05, 4.69) is 10.1 Å². The van der Waals surface area contributed by atoms with E-state index in [1.54, 1.807) is 0 Å². The lowest BCUT2D eigenvalue weighted by Gasteiger charge is -2.17. The maximum atomic E-state index is 11.2. The van der Waals surface area contributed by atoms with Crippen LogP contribution in [0.5, 0.6) is 0 Å². The van der Waals surface area contributed by atoms with E-state index in [0.29, 0.717) is 0 Å². The molecule has 0 aliphatic heterocycles. The second-order valence-corrected chi connectivity index (χ2v) is 3.51. The second-order valence-electron chi connectivity index (χ2n) is 3.51. The van der Waals surface area contributed by atoms with Gasteiger partial charge in [-0.3, -0.25) is 10.1 Å². The zero-order valence-corrected chi connectivity index (χ0v) is 8.29. The van der Waals surface area contributed by atoms with E-state index in [4.69, 9.17) is 5.73 Å². The summed E-state index contributed by atoms with van der Waals surface area (Å²) < 4.78 is 4.48. The molecule has 14 heavy (non-hydrogen) atoms. The molecule has 1 amide bonds. The molecule has 0 spiro atoms. The van der Waals surface area contributed by atoms with Gasteiger partial charge < -0.3 is 10.5 Å². The monoisotopic (exact) mass is 200 g/mol. The number of hydrogen-bond acceptors (Lipinski definition) is 4. The SMILES string of the molecule is COC(=O)C(NC1CCCC1)C(N)=O. The summed E-state index contributed by atoms with van der Waals surface area (Å²) in [5.41, 5.74) is 5.09. The van der Waals surface area contributed by atoms with Crippen LogP contribution in [0.25, 0.3) is 0 Å². The Morgan fingerprint density at radius 2 is 2.00 bits per heavy atom. The van der Waals surface area contributed by atoms with Crippen molar-refractivity contribution in [2.45, 2.75) is 37.8 Å². The molecule has 1 fully saturated rings. The molecular weight excluding hydrogens is 184 g/mol. The molecule has 0 heterocycles. The van der Waals surface area contributed by atoms with Gasteiger partial charge in [0.15, 0.2) is 6.04 Å². The first kappa shape index (κ1) is 11.0. The summed E-state index contributed by atoms with van der Waals surface area (Å²) in [4.78, 5) is 22.1. The van der Waals surface area contributed by atoms with Gasteiger partial charge in [-0.05, 0) is 12.8 Å². The van der Waals surface area contributed by atoms with Gasteiger partial charge in [0.05, 0.1) is 7.11 Å². The molecular formula is C9H16N2O3. The number of nitrogens with one attached hydrogen (secondary N) is 1. The predicted octanol–water partition coefficient (Wildman–Crippen LogP) is -0.454. The molecule has 1 saturated carbocycles. The van der Waals surface area contributed by atoms with Crippen molar-refractivity contribution in [1.29, 1.82) is 0 Å². The van der Waals surface area contributed by atoms with Gasteiger partial charge in [0.1, 0.15) is 0 Å². The molecule has 1 rings (SSSR count). The topological polar surface area (TPSA) is 81.4 Å². The molecule has 80 valence electrons. The Kier molecular flexibility index (Phi) is 3.88. The Labute approximate surface area is 83.0 Å². The second kappa shape index (κ2) is 4.95. The quantitative estimate of drug-likeness (QED) is 0.475. The van der Waals surface area contributed by atoms with E-state index in [0.717, 1.165) is 25.7 Å². The lowest BCUT2D eigenvalue weighted by atomic mass is 10.2. The molecule has 0 aromatic heterocycles. The van der Waals surface area contributed by atoms with Crippen LogP contribution in [-0.4, -0.2) is 31.1 Å². The molecule has 1 aliphatic rings. The Bertz CT molecular complexity index is 224. The standard InChI is InChI=1S/C9H16N2O3/c1-14-9(13)7(8(10)12)11-6-4-2-3-5-6/h6-7,11H,2-5H2,1H3,(H2,10,12). The fourth-order valence-corrected chi connectivity index (χ4v) is 1.71. The maximum absolute atomic E-state index is 11.2. The number of rotatable bonds is 4. The van der Waals surface area contributed by atoms with Crippen molar-refractivity contribution in [3.05, 3.63) is 0 Å². The molecule has 1 aliphatic carbocycles. The normalized spacial score (nSPS) is 19.2. The average molecular weight is 200 g/mol. The summed E-state index contributed by atoms with van der Waals surface area (Å²) in [5.74, 6) is -1.28. The third-order valence-corrected chi connectivity index (χ3v) is 2.48. The van der Waals surface area contributed by atoms with Crippen molar-refractivity contribution < 1.29 is 14.3 Å². The van der Waals surface area contributed by atoms with Crippen LogP contribution in [-0.2, 0) is 14.3 Å². The van der Waals surface area contributed by atoms with Crippen LogP contribution in [0.15, 0.2) is 0 Å². The van der Waals surface area contributed by atoms with E-state index in [1.807, 2.05) is 0 Å². The van der Waals surface area contributed by atoms with Crippen molar-refractivity contribution in [2.75, 3.05) is 7.11 Å². The first-order chi connectivity index (χ1) is 6.65. The number of primary amides is 1. The number of carbonyl (C=O) groups excluding carboxylic acids is 2. The van der Waals surface area contributed by atoms with Crippen LogP contribution in [0, 0.1) is 0 Å². The van der Waals surface area contributed by atoms with Gasteiger partial charge in [-0.15, -0.1) is 0 Å². The summed E-state index contributed by atoms with van der Waals surface area (Å²) in [6, 6.07) is -0.783. The predicted molar refractivity (Wildman–Crippen MR) is 50.4 cm³/mol. The maximum Gasteiger partial charge on any atom is 0.332 e. The van der Waals surface area contributed by atoms with Crippen LogP contribution < -0.4 is 11.1 Å². The summed E-state index contributed by atoms with van der Waals surface area (Å²) in [6.07, 6.45) is 4.23. The minimum atomic E-state index is -0.997. The number of ether oxygens (including phenoxy) is 1. The summed E-state index contributed by atoms with van der Waals surface area (Å²) in [6.45, 7) is 0. The fraction of sp³-hybridized carbons (Fsp3) is 0.778. The van der Waals surface area contributed by atoms with Gasteiger partial charge in [0, 0.05) is 6.04 Å². The average Bonchev–Trinajstić information content (AvgIpc) is 2.65. The number of methoxy groups -OCH3 is 1. The van der Waals surface area contributed by atoms with Gasteiger partial charge in [-0.2, -0.15) is 0 Å². The third-order valence-electron chi connectivity index (χ3n) is 2.48. The molecule has 3 N–H and O–H groups in total. The minimum Gasteiger partial charge on any atom is -0.467 e. The van der Waals surface area contributed by atoms with E-state index < -0.39 is 17.9 Å². The zero-order valence-electron chi connectivity index (χ0n) is 8.29. The molecule has 1 atom stereocenters. The Morgan fingerprint density at radius 1 is 1.43 bits per heavy atom. The van der Waals surface area contributed by atoms with Crippen LogP contribution in [0.2, 0.25) is 0 Å². The Hall–Kier alpha value is -1.10. The Morgan fingerprint density at radius 3 is 2.43 bits per heavy atom. The van der Waals surface area contributed by atoms with Crippen molar-refractivity contribution in [3.8, 4) is 0 Å². The van der Waals surface area contributed by atoms with Gasteiger partial charge in [0.2, 0.25) is 5.91 Å². The lowest BCUT2D eigenvalue weighted by molar-refractivity contribution is -0.146. The van der Waals surface area contributed by atoms with E-state index in [1.165, 1.54) is 7.11 Å². The Balaban J connectivity index is 2.50. The number of carbonyl (C=O) groups is 2. The van der Waals surface area contributed by atoms with Crippen molar-refractivity contribution in [3.63, 3.8) is 0 Å². The molecule has 5 heteroatoms. The largest absolute Gasteiger partial charge is 0.467 e. The van der Waals surface area contributed by atoms with Gasteiger partial charge >= 0.3 is 5.97 Å². The number of esters is 1. The van der Waals surface area contributed by atoms with Crippen LogP contribution >= 0.6 is 0 Å². The highest BCUT2D eigenvalue weighted by Crippen LogP contribution is 2.18. The molecule has 0 aromatic carbocycles. The van der Waals surface area contributed by atoms with Gasteiger partial charge in [-0.1, -0.05) is 12.8 Å². The molecule has 0 radical (unpaired) electrons. The van der Waals surface area contributed by atoms with Crippen LogP contribution in [0.1, 0.15) is 25.7 Å². The molecule has 0 bridgehead atoms. The first-order valence-electron chi connectivity index (χ1n) is 4.78. The van der Waals surface area contributed by atoms with Crippen molar-refractivity contribution in [1.82, 2.24) is 5.32 Å². The minimum absolute atomic E-state index is 0.214. The lowest BCUT2D eigenvalue weighted by Crippen LogP contribution is -2.51. The van der Waals surface area contributed by atoms with E-state index in [-0.39, 0.29) is 6.04 Å². The third kappa shape index (κ3) is 2.70. The number of amides is 1. The highest BCUT2D eigenvalue weighted by Gasteiger charge is 2.28. The summed E-state index contributed by atoms with van der Waals surface area (Å²) in [7, 11) is 1.24. The number of hydrogen-bond donors (Lipinski definition) is 2. The summed E-state index contributed by atoms with van der Waals surface area (Å²) >= 11 is 0. The molecule has 0 aromatic rings. The van der Waals surface area contributed by atoms with E-state index in [9.17, 15) is 9.59 Å². The first-order valence-corrected chi connectivity index (χ1v) is 4.78. The highest BCUT2D eigenvalue weighted by atomic mass is 16.5. The fourth-order valence-electron chi connectivity index (χ4n) is 1.71. The van der Waals surface area contributed by atoms with Crippen molar-refractivity contribution in [2.24, 2.45) is 5.73 Å². The van der Waals surface area contributed by atoms with Crippen LogP contribution in [0.3, 0.4) is 0 Å². The van der Waals surface area contributed by atoms with Gasteiger partial charge in [0.25, 0.3) is 0 Å². The molecule has 1 unspecified atom stereocenters. The highest BCUT2D eigenvalue weighted by molar-refractivity contribution is 6.01.